The van der Waals surface area contributed by atoms with Crippen molar-refractivity contribution >= 4 is 45.5 Å². The third-order valence-corrected chi connectivity index (χ3v) is 6.15. The minimum atomic E-state index is -0.190. The third kappa shape index (κ3) is 4.64. The monoisotopic (exact) mass is 377 g/mol. The van der Waals surface area contributed by atoms with E-state index in [0.717, 1.165) is 15.7 Å². The van der Waals surface area contributed by atoms with E-state index in [0.29, 0.717) is 17.3 Å². The van der Waals surface area contributed by atoms with Crippen LogP contribution in [-0.2, 0) is 17.1 Å². The first-order chi connectivity index (χ1) is 11.7. The van der Waals surface area contributed by atoms with Gasteiger partial charge in [0.2, 0.25) is 5.13 Å². The zero-order valence-corrected chi connectivity index (χ0v) is 15.3. The minimum absolute atomic E-state index is 0.190. The van der Waals surface area contributed by atoms with Gasteiger partial charge in [-0.15, -0.1) is 21.5 Å². The quantitative estimate of drug-likeness (QED) is 0.491. The molecule has 2 aromatic heterocycles. The fraction of sp³-hybridized carbons (Fsp3) is 0.188. The molecule has 1 N–H and O–H groups in total. The predicted octanol–water partition coefficient (Wildman–Crippen LogP) is 4.29. The van der Waals surface area contributed by atoms with E-state index in [9.17, 15) is 4.79 Å². The highest BCUT2D eigenvalue weighted by atomic mass is 32.2. The molecule has 24 heavy (non-hydrogen) atoms. The standard InChI is InChI=1S/C16H15N3O2S3/c1-21-9-11-4-6-12(7-5-11)14(20)17-15-18-19-16(24-15)23-10-13-3-2-8-22-13/h2-8H,9-10H2,1H3,(H,17,18,20). The van der Waals surface area contributed by atoms with E-state index in [-0.39, 0.29) is 5.91 Å². The van der Waals surface area contributed by atoms with Gasteiger partial charge in [-0.1, -0.05) is 41.3 Å². The Hall–Kier alpha value is -1.74. The number of hydrogen-bond acceptors (Lipinski definition) is 7. The van der Waals surface area contributed by atoms with E-state index >= 15 is 0 Å². The summed E-state index contributed by atoms with van der Waals surface area (Å²) in [5, 5.41) is 13.5. The Balaban J connectivity index is 1.56. The third-order valence-electron chi connectivity index (χ3n) is 3.07. The number of nitrogens with one attached hydrogen (secondary N) is 1. The van der Waals surface area contributed by atoms with Gasteiger partial charge in [0.15, 0.2) is 4.34 Å². The van der Waals surface area contributed by atoms with Gasteiger partial charge in [0.1, 0.15) is 0 Å². The Morgan fingerprint density at radius 2 is 2.08 bits per heavy atom. The number of ether oxygens (including phenoxy) is 1. The van der Waals surface area contributed by atoms with E-state index in [1.807, 2.05) is 18.2 Å². The van der Waals surface area contributed by atoms with E-state index in [1.165, 1.54) is 16.2 Å². The molecule has 0 aliphatic carbocycles. The van der Waals surface area contributed by atoms with Gasteiger partial charge in [-0.2, -0.15) is 0 Å². The minimum Gasteiger partial charge on any atom is -0.380 e. The van der Waals surface area contributed by atoms with Crippen LogP contribution in [0.4, 0.5) is 5.13 Å². The van der Waals surface area contributed by atoms with Crippen molar-refractivity contribution in [2.75, 3.05) is 12.4 Å². The van der Waals surface area contributed by atoms with Gasteiger partial charge in [-0.3, -0.25) is 10.1 Å². The average Bonchev–Trinajstić information content (AvgIpc) is 3.25. The molecule has 0 aliphatic heterocycles. The summed E-state index contributed by atoms with van der Waals surface area (Å²) in [5.41, 5.74) is 1.61. The van der Waals surface area contributed by atoms with Crippen molar-refractivity contribution in [3.8, 4) is 0 Å². The van der Waals surface area contributed by atoms with Crippen LogP contribution < -0.4 is 5.32 Å². The molecule has 0 spiro atoms. The zero-order chi connectivity index (χ0) is 16.8. The van der Waals surface area contributed by atoms with Crippen molar-refractivity contribution in [2.24, 2.45) is 0 Å². The topological polar surface area (TPSA) is 64.1 Å². The first-order valence-electron chi connectivity index (χ1n) is 7.12. The first-order valence-corrected chi connectivity index (χ1v) is 9.80. The Morgan fingerprint density at radius 1 is 1.25 bits per heavy atom. The number of thioether (sulfide) groups is 1. The summed E-state index contributed by atoms with van der Waals surface area (Å²) in [4.78, 5) is 13.5. The van der Waals surface area contributed by atoms with Crippen LogP contribution in [0.5, 0.6) is 0 Å². The molecule has 0 unspecified atom stereocenters. The molecule has 0 aliphatic rings. The number of methoxy groups -OCH3 is 1. The van der Waals surface area contributed by atoms with Crippen LogP contribution in [-0.4, -0.2) is 23.2 Å². The molecule has 0 radical (unpaired) electrons. The van der Waals surface area contributed by atoms with Gasteiger partial charge in [0.25, 0.3) is 5.91 Å². The van der Waals surface area contributed by atoms with Gasteiger partial charge < -0.3 is 4.74 Å². The van der Waals surface area contributed by atoms with Gasteiger partial charge in [-0.05, 0) is 29.1 Å². The number of amides is 1. The Kier molecular flexibility index (Phi) is 5.97. The smallest absolute Gasteiger partial charge is 0.257 e. The second-order valence-corrected chi connectivity index (χ2v) is 8.06. The van der Waals surface area contributed by atoms with Crippen molar-refractivity contribution in [1.29, 1.82) is 0 Å². The maximum absolute atomic E-state index is 12.2. The lowest BCUT2D eigenvalue weighted by atomic mass is 10.1. The maximum atomic E-state index is 12.2. The fourth-order valence-corrected chi connectivity index (χ4v) is 4.45. The van der Waals surface area contributed by atoms with Crippen LogP contribution in [0.1, 0.15) is 20.8 Å². The van der Waals surface area contributed by atoms with E-state index in [2.05, 4.69) is 27.0 Å². The van der Waals surface area contributed by atoms with Crippen LogP contribution in [0.15, 0.2) is 46.1 Å². The van der Waals surface area contributed by atoms with Crippen molar-refractivity contribution < 1.29 is 9.53 Å². The summed E-state index contributed by atoms with van der Waals surface area (Å²) < 4.78 is 5.90. The van der Waals surface area contributed by atoms with Crippen molar-refractivity contribution in [3.05, 3.63) is 57.8 Å². The lowest BCUT2D eigenvalue weighted by Gasteiger charge is -2.03. The second-order valence-electron chi connectivity index (χ2n) is 4.83. The van der Waals surface area contributed by atoms with Crippen LogP contribution >= 0.6 is 34.4 Å². The molecular formula is C16H15N3O2S3. The maximum Gasteiger partial charge on any atom is 0.257 e. The molecular weight excluding hydrogens is 362 g/mol. The normalized spacial score (nSPS) is 10.7. The summed E-state index contributed by atoms with van der Waals surface area (Å²) in [7, 11) is 1.64. The molecule has 1 aromatic carbocycles. The SMILES string of the molecule is COCc1ccc(C(=O)Nc2nnc(SCc3cccs3)s2)cc1. The molecule has 124 valence electrons. The van der Waals surface area contributed by atoms with Crippen molar-refractivity contribution in [1.82, 2.24) is 10.2 Å². The highest BCUT2D eigenvalue weighted by Crippen LogP contribution is 2.29. The number of hydrogen-bond donors (Lipinski definition) is 1. The first kappa shape index (κ1) is 17.1. The molecule has 5 nitrogen and oxygen atoms in total. The molecule has 0 fully saturated rings. The molecule has 0 bridgehead atoms. The van der Waals surface area contributed by atoms with Gasteiger partial charge in [0, 0.05) is 23.3 Å². The van der Waals surface area contributed by atoms with Gasteiger partial charge >= 0.3 is 0 Å². The number of thiophene rings is 1. The summed E-state index contributed by atoms with van der Waals surface area (Å²) >= 11 is 4.72. The Labute approximate surface area is 152 Å². The van der Waals surface area contributed by atoms with Crippen LogP contribution in [0.25, 0.3) is 0 Å². The molecule has 1 amide bonds. The van der Waals surface area contributed by atoms with Gasteiger partial charge in [-0.25, -0.2) is 0 Å². The van der Waals surface area contributed by atoms with Gasteiger partial charge in [0.05, 0.1) is 6.61 Å². The number of rotatable bonds is 7. The zero-order valence-electron chi connectivity index (χ0n) is 12.9. The van der Waals surface area contributed by atoms with E-state index in [1.54, 1.807) is 42.3 Å². The highest BCUT2D eigenvalue weighted by molar-refractivity contribution is 8.00. The molecule has 2 heterocycles. The number of carbonyl (C=O) groups excluding carboxylic acids is 1. The molecule has 3 aromatic rings. The van der Waals surface area contributed by atoms with Crippen LogP contribution in [0.3, 0.4) is 0 Å². The summed E-state index contributed by atoms with van der Waals surface area (Å²) in [6.45, 7) is 0.531. The molecule has 8 heteroatoms. The van der Waals surface area contributed by atoms with Crippen LogP contribution in [0, 0.1) is 0 Å². The number of anilines is 1. The fourth-order valence-electron chi connectivity index (χ4n) is 1.93. The lowest BCUT2D eigenvalue weighted by molar-refractivity contribution is 0.102. The molecule has 3 rings (SSSR count). The summed E-state index contributed by atoms with van der Waals surface area (Å²) in [6.07, 6.45) is 0. The largest absolute Gasteiger partial charge is 0.380 e. The Bertz CT molecular complexity index is 785. The molecule has 0 atom stereocenters. The molecule has 0 saturated carbocycles. The second kappa shape index (κ2) is 8.39. The predicted molar refractivity (Wildman–Crippen MR) is 98.9 cm³/mol. The highest BCUT2D eigenvalue weighted by Gasteiger charge is 2.11. The summed E-state index contributed by atoms with van der Waals surface area (Å²) in [6, 6.07) is 11.4. The van der Waals surface area contributed by atoms with E-state index in [4.69, 9.17) is 4.74 Å². The lowest BCUT2D eigenvalue weighted by Crippen LogP contribution is -2.11. The number of carbonyl (C=O) groups is 1. The van der Waals surface area contributed by atoms with Crippen molar-refractivity contribution in [3.63, 3.8) is 0 Å². The van der Waals surface area contributed by atoms with E-state index < -0.39 is 0 Å². The number of nitrogens with zero attached hydrogens (tertiary/aromatic N) is 2. The number of benzene rings is 1. The Morgan fingerprint density at radius 3 is 2.79 bits per heavy atom. The average molecular weight is 378 g/mol. The number of aromatic nitrogens is 2. The summed E-state index contributed by atoms with van der Waals surface area (Å²) in [5.74, 6) is 0.672. The molecule has 0 saturated heterocycles. The van der Waals surface area contributed by atoms with Crippen molar-refractivity contribution in [2.45, 2.75) is 16.7 Å². The van der Waals surface area contributed by atoms with Crippen LogP contribution in [0.2, 0.25) is 0 Å².